The molecule has 0 aliphatic carbocycles. The Hall–Kier alpha value is -2.34. The first-order valence-electron chi connectivity index (χ1n) is 7.70. The molecule has 24 heavy (non-hydrogen) atoms. The van der Waals surface area contributed by atoms with E-state index in [1.54, 1.807) is 31.3 Å². The Labute approximate surface area is 145 Å². The molecule has 0 fully saturated rings. The number of carbonyl (C=O) groups excluding carboxylic acids is 2. The van der Waals surface area contributed by atoms with Gasteiger partial charge in [0.15, 0.2) is 6.61 Å². The van der Waals surface area contributed by atoms with Gasteiger partial charge in [0, 0.05) is 24.5 Å². The molecule has 1 aromatic heterocycles. The molecule has 0 unspecified atom stereocenters. The average molecular weight is 351 g/mol. The van der Waals surface area contributed by atoms with Crippen molar-refractivity contribution in [1.82, 2.24) is 10.3 Å². The number of nitrogens with one attached hydrogen (secondary N) is 1. The summed E-state index contributed by atoms with van der Waals surface area (Å²) in [6.45, 7) is 2.38. The Morgan fingerprint density at radius 1 is 1.29 bits per heavy atom. The number of halogens is 1. The fourth-order valence-electron chi connectivity index (χ4n) is 2.12. The van der Waals surface area contributed by atoms with Crippen molar-refractivity contribution in [3.05, 3.63) is 35.5 Å². The maximum atomic E-state index is 11.8. The van der Waals surface area contributed by atoms with Crippen LogP contribution in [-0.4, -0.2) is 36.6 Å². The van der Waals surface area contributed by atoms with Crippen molar-refractivity contribution in [2.24, 2.45) is 0 Å². The van der Waals surface area contributed by atoms with E-state index in [4.69, 9.17) is 21.1 Å². The maximum Gasteiger partial charge on any atom is 0.305 e. The Bertz CT molecular complexity index is 721. The van der Waals surface area contributed by atoms with E-state index in [1.165, 1.54) is 0 Å². The number of pyridine rings is 1. The van der Waals surface area contributed by atoms with Crippen LogP contribution in [-0.2, 0) is 14.3 Å². The van der Waals surface area contributed by atoms with Crippen molar-refractivity contribution < 1.29 is 19.1 Å². The number of amides is 1. The van der Waals surface area contributed by atoms with Crippen molar-refractivity contribution in [3.63, 3.8) is 0 Å². The fourth-order valence-corrected chi connectivity index (χ4v) is 2.33. The lowest BCUT2D eigenvalue weighted by molar-refractivity contribution is -0.143. The monoisotopic (exact) mass is 350 g/mol. The molecule has 1 N–H and O–H groups in total. The van der Waals surface area contributed by atoms with Gasteiger partial charge in [-0.3, -0.25) is 14.6 Å². The summed E-state index contributed by atoms with van der Waals surface area (Å²) in [7, 11) is 0. The minimum absolute atomic E-state index is 0.132. The van der Waals surface area contributed by atoms with E-state index < -0.39 is 0 Å². The lowest BCUT2D eigenvalue weighted by atomic mass is 10.2. The lowest BCUT2D eigenvalue weighted by Gasteiger charge is -2.10. The summed E-state index contributed by atoms with van der Waals surface area (Å²) in [4.78, 5) is 27.2. The lowest BCUT2D eigenvalue weighted by Crippen LogP contribution is -2.30. The van der Waals surface area contributed by atoms with Gasteiger partial charge in [-0.1, -0.05) is 11.6 Å². The third kappa shape index (κ3) is 5.09. The number of ether oxygens (including phenoxy) is 2. The zero-order valence-electron chi connectivity index (χ0n) is 13.4. The van der Waals surface area contributed by atoms with Crippen LogP contribution < -0.4 is 10.1 Å². The van der Waals surface area contributed by atoms with Crippen molar-refractivity contribution >= 4 is 34.4 Å². The highest BCUT2D eigenvalue weighted by atomic mass is 35.5. The molecule has 0 bridgehead atoms. The van der Waals surface area contributed by atoms with Gasteiger partial charge >= 0.3 is 5.97 Å². The summed E-state index contributed by atoms with van der Waals surface area (Å²) in [6.07, 6.45) is 2.44. The van der Waals surface area contributed by atoms with E-state index in [2.05, 4.69) is 10.3 Å². The van der Waals surface area contributed by atoms with Crippen molar-refractivity contribution in [3.8, 4) is 5.75 Å². The second-order valence-electron chi connectivity index (χ2n) is 4.99. The number of rotatable bonds is 8. The largest absolute Gasteiger partial charge is 0.481 e. The zero-order valence-corrected chi connectivity index (χ0v) is 14.1. The van der Waals surface area contributed by atoms with Crippen LogP contribution in [0.15, 0.2) is 30.5 Å². The molecular formula is C17H19ClN2O4. The number of carbonyl (C=O) groups is 2. The van der Waals surface area contributed by atoms with E-state index in [0.717, 1.165) is 5.39 Å². The topological polar surface area (TPSA) is 77.5 Å². The minimum Gasteiger partial charge on any atom is -0.481 e. The summed E-state index contributed by atoms with van der Waals surface area (Å²) in [5.74, 6) is -0.0312. The van der Waals surface area contributed by atoms with Crippen LogP contribution in [0.2, 0.25) is 5.02 Å². The second-order valence-corrected chi connectivity index (χ2v) is 5.40. The molecule has 1 heterocycles. The van der Waals surface area contributed by atoms with Gasteiger partial charge in [0.2, 0.25) is 0 Å². The van der Waals surface area contributed by atoms with Gasteiger partial charge in [0.05, 0.1) is 11.6 Å². The highest BCUT2D eigenvalue weighted by Gasteiger charge is 2.09. The van der Waals surface area contributed by atoms with Crippen molar-refractivity contribution in [1.29, 1.82) is 0 Å². The van der Waals surface area contributed by atoms with Crippen LogP contribution in [0.3, 0.4) is 0 Å². The Kier molecular flexibility index (Phi) is 6.81. The predicted octanol–water partition coefficient (Wildman–Crippen LogP) is 2.73. The predicted molar refractivity (Wildman–Crippen MR) is 91.1 cm³/mol. The molecule has 128 valence electrons. The molecule has 1 amide bonds. The summed E-state index contributed by atoms with van der Waals surface area (Å²) in [5, 5.41) is 4.04. The summed E-state index contributed by atoms with van der Waals surface area (Å²) < 4.78 is 10.3. The normalized spacial score (nSPS) is 10.4. The Balaban J connectivity index is 1.80. The van der Waals surface area contributed by atoms with Gasteiger partial charge in [0.1, 0.15) is 11.3 Å². The molecule has 1 aromatic carbocycles. The molecule has 0 atom stereocenters. The standard InChI is InChI=1S/C17H19ClN2O4/c1-2-23-16(22)6-4-9-19-15(21)11-24-14-8-7-13(18)12-5-3-10-20-17(12)14/h3,5,7-8,10H,2,4,6,9,11H2,1H3,(H,19,21). The van der Waals surface area contributed by atoms with E-state index >= 15 is 0 Å². The molecule has 0 aliphatic rings. The van der Waals surface area contributed by atoms with Gasteiger partial charge in [-0.25, -0.2) is 0 Å². The van der Waals surface area contributed by atoms with Crippen molar-refractivity contribution in [2.75, 3.05) is 19.8 Å². The zero-order chi connectivity index (χ0) is 17.4. The van der Waals surface area contributed by atoms with Gasteiger partial charge in [-0.15, -0.1) is 0 Å². The first kappa shape index (κ1) is 18.0. The van der Waals surface area contributed by atoms with Gasteiger partial charge in [-0.2, -0.15) is 0 Å². The second kappa shape index (κ2) is 9.08. The number of nitrogens with zero attached hydrogens (tertiary/aromatic N) is 1. The van der Waals surface area contributed by atoms with Crippen LogP contribution in [0, 0.1) is 0 Å². The Morgan fingerprint density at radius 2 is 2.12 bits per heavy atom. The number of hydrogen-bond acceptors (Lipinski definition) is 5. The van der Waals surface area contributed by atoms with E-state index in [0.29, 0.717) is 35.9 Å². The third-order valence-corrected chi connectivity index (χ3v) is 3.55. The molecule has 2 rings (SSSR count). The smallest absolute Gasteiger partial charge is 0.305 e. The van der Waals surface area contributed by atoms with Gasteiger partial charge in [-0.05, 0) is 37.6 Å². The van der Waals surface area contributed by atoms with Crippen LogP contribution in [0.25, 0.3) is 10.9 Å². The number of aromatic nitrogens is 1. The highest BCUT2D eigenvalue weighted by Crippen LogP contribution is 2.29. The average Bonchev–Trinajstić information content (AvgIpc) is 2.59. The van der Waals surface area contributed by atoms with Crippen LogP contribution in [0.5, 0.6) is 5.75 Å². The van der Waals surface area contributed by atoms with Gasteiger partial charge in [0.25, 0.3) is 5.91 Å². The van der Waals surface area contributed by atoms with Gasteiger partial charge < -0.3 is 14.8 Å². The molecule has 6 nitrogen and oxygen atoms in total. The number of hydrogen-bond donors (Lipinski definition) is 1. The molecule has 7 heteroatoms. The fraction of sp³-hybridized carbons (Fsp3) is 0.353. The van der Waals surface area contributed by atoms with Crippen LogP contribution in [0.4, 0.5) is 0 Å². The number of esters is 1. The first-order valence-corrected chi connectivity index (χ1v) is 8.08. The molecular weight excluding hydrogens is 332 g/mol. The summed E-state index contributed by atoms with van der Waals surface area (Å²) in [6, 6.07) is 7.02. The molecule has 0 aliphatic heterocycles. The van der Waals surface area contributed by atoms with E-state index in [-0.39, 0.29) is 24.9 Å². The minimum atomic E-state index is -0.266. The quantitative estimate of drug-likeness (QED) is 0.585. The van der Waals surface area contributed by atoms with Crippen LogP contribution >= 0.6 is 11.6 Å². The molecule has 0 radical (unpaired) electrons. The Morgan fingerprint density at radius 3 is 2.92 bits per heavy atom. The van der Waals surface area contributed by atoms with Crippen molar-refractivity contribution in [2.45, 2.75) is 19.8 Å². The van der Waals surface area contributed by atoms with E-state index in [1.807, 2.05) is 6.07 Å². The highest BCUT2D eigenvalue weighted by molar-refractivity contribution is 6.35. The number of fused-ring (bicyclic) bond motifs is 1. The summed E-state index contributed by atoms with van der Waals surface area (Å²) in [5.41, 5.74) is 0.611. The van der Waals surface area contributed by atoms with E-state index in [9.17, 15) is 9.59 Å². The van der Waals surface area contributed by atoms with Crippen LogP contribution in [0.1, 0.15) is 19.8 Å². The molecule has 0 spiro atoms. The molecule has 0 saturated heterocycles. The molecule has 2 aromatic rings. The molecule has 0 saturated carbocycles. The first-order chi connectivity index (χ1) is 11.6. The SMILES string of the molecule is CCOC(=O)CCCNC(=O)COc1ccc(Cl)c2cccnc12. The maximum absolute atomic E-state index is 11.8. The summed E-state index contributed by atoms with van der Waals surface area (Å²) >= 11 is 6.11. The third-order valence-electron chi connectivity index (χ3n) is 3.22. The number of benzene rings is 1.